The van der Waals surface area contributed by atoms with E-state index in [0.717, 1.165) is 18.1 Å². The molecule has 4 aliphatic rings. The van der Waals surface area contributed by atoms with Crippen molar-refractivity contribution in [2.45, 2.75) is 162 Å². The van der Waals surface area contributed by atoms with Crippen LogP contribution in [0.3, 0.4) is 0 Å². The topological polar surface area (TPSA) is 173 Å². The minimum Gasteiger partial charge on any atom is -0.463 e. The summed E-state index contributed by atoms with van der Waals surface area (Å²) >= 11 is 3.20. The van der Waals surface area contributed by atoms with Gasteiger partial charge >= 0.3 is 17.9 Å². The second kappa shape index (κ2) is 30.8. The first-order chi connectivity index (χ1) is 35.5. The number of aliphatic hydroxyl groups is 1. The fourth-order valence-corrected chi connectivity index (χ4v) is 9.29. The first-order valence-corrected chi connectivity index (χ1v) is 26.2. The van der Waals surface area contributed by atoms with Crippen molar-refractivity contribution in [1.82, 2.24) is 0 Å². The van der Waals surface area contributed by atoms with Crippen LogP contribution in [0.5, 0.6) is 0 Å². The van der Waals surface area contributed by atoms with E-state index in [1.54, 1.807) is 21.0 Å². The van der Waals surface area contributed by atoms with Gasteiger partial charge in [0.15, 0.2) is 24.8 Å². The summed E-state index contributed by atoms with van der Waals surface area (Å²) in [6.45, 7) is 16.9. The number of carbonyl (C=O) groups is 3. The van der Waals surface area contributed by atoms with Crippen LogP contribution in [0.25, 0.3) is 0 Å². The molecule has 17 unspecified atom stereocenters. The Morgan fingerprint density at radius 3 is 1.33 bits per heavy atom. The lowest BCUT2D eigenvalue weighted by molar-refractivity contribution is -0.312. The molecule has 4 aliphatic heterocycles. The molecule has 15 nitrogen and oxygen atoms in total. The molecule has 4 saturated heterocycles. The van der Waals surface area contributed by atoms with E-state index in [-0.39, 0.29) is 42.7 Å². The van der Waals surface area contributed by atoms with Crippen LogP contribution >= 0.6 is 15.9 Å². The molecule has 1 N–H and O–H groups in total. The van der Waals surface area contributed by atoms with Crippen LogP contribution < -0.4 is 0 Å². The third-order valence-corrected chi connectivity index (χ3v) is 15.6. The third kappa shape index (κ3) is 18.9. The zero-order valence-electron chi connectivity index (χ0n) is 45.6. The zero-order valence-corrected chi connectivity index (χ0v) is 47.2. The van der Waals surface area contributed by atoms with Crippen molar-refractivity contribution in [3.8, 4) is 0 Å². The number of esters is 3. The maximum absolute atomic E-state index is 14.3. The number of benzene rings is 2. The molecule has 17 atom stereocenters. The first-order valence-electron chi connectivity index (χ1n) is 25.3. The Balaban J connectivity index is 0.000000268. The average molecular weight is 1160 g/mol. The molecule has 0 radical (unpaired) electrons. The van der Waals surface area contributed by atoms with Crippen LogP contribution in [0.4, 0.5) is 26.3 Å². The summed E-state index contributed by atoms with van der Waals surface area (Å²) in [7, 11) is 3.10. The Labute approximate surface area is 451 Å². The molecule has 22 heteroatoms. The molecule has 0 aliphatic carbocycles. The molecule has 0 spiro atoms. The summed E-state index contributed by atoms with van der Waals surface area (Å²) in [5.74, 6) is -14.7. The smallest absolute Gasteiger partial charge is 0.304 e. The molecular formula is C54H79BrF6O15. The highest BCUT2D eigenvalue weighted by atomic mass is 79.9. The van der Waals surface area contributed by atoms with Crippen LogP contribution in [0.15, 0.2) is 60.7 Å². The molecule has 2 aromatic carbocycles. The Kier molecular flexibility index (Phi) is 27.1. The molecule has 2 aromatic rings. The van der Waals surface area contributed by atoms with Crippen molar-refractivity contribution in [3.63, 3.8) is 0 Å². The van der Waals surface area contributed by atoms with Crippen LogP contribution in [0.1, 0.15) is 87.3 Å². The van der Waals surface area contributed by atoms with E-state index >= 15 is 0 Å². The highest BCUT2D eigenvalue weighted by Crippen LogP contribution is 2.45. The third-order valence-electron chi connectivity index (χ3n) is 14.5. The van der Waals surface area contributed by atoms with Gasteiger partial charge in [0, 0.05) is 76.4 Å². The molecule has 0 saturated carbocycles. The van der Waals surface area contributed by atoms with Gasteiger partial charge in [0.1, 0.15) is 30.4 Å². The Morgan fingerprint density at radius 2 is 0.895 bits per heavy atom. The Bertz CT molecular complexity index is 2030. The number of methoxy groups -OCH3 is 2. The number of aliphatic hydroxyl groups excluding tert-OH is 1. The van der Waals surface area contributed by atoms with E-state index in [9.17, 15) is 45.8 Å². The summed E-state index contributed by atoms with van der Waals surface area (Å²) < 4.78 is 141. The van der Waals surface area contributed by atoms with E-state index in [2.05, 4.69) is 25.4 Å². The number of alkyl halides is 7. The van der Waals surface area contributed by atoms with E-state index in [0.29, 0.717) is 19.8 Å². The van der Waals surface area contributed by atoms with Gasteiger partial charge in [0.05, 0.1) is 32.5 Å². The van der Waals surface area contributed by atoms with Gasteiger partial charge in [-0.2, -0.15) is 0 Å². The Morgan fingerprint density at radius 1 is 0.513 bits per heavy atom. The van der Waals surface area contributed by atoms with Crippen LogP contribution in [-0.4, -0.2) is 136 Å². The number of hydrogen-bond donors (Lipinski definition) is 1. The van der Waals surface area contributed by atoms with Gasteiger partial charge in [-0.15, -0.1) is 0 Å². The summed E-state index contributed by atoms with van der Waals surface area (Å²) in [6.07, 6.45) is -7.10. The summed E-state index contributed by atoms with van der Waals surface area (Å²) in [5.41, 5.74) is 2.06. The van der Waals surface area contributed by atoms with Gasteiger partial charge in [-0.25, -0.2) is 26.3 Å². The lowest BCUT2D eigenvalue weighted by Gasteiger charge is -2.43. The fourth-order valence-electron chi connectivity index (χ4n) is 8.57. The predicted molar refractivity (Wildman–Crippen MR) is 269 cm³/mol. The van der Waals surface area contributed by atoms with Gasteiger partial charge in [-0.05, 0) is 17.0 Å². The van der Waals surface area contributed by atoms with Gasteiger partial charge in [0.2, 0.25) is 6.29 Å². The average Bonchev–Trinajstić information content (AvgIpc) is 3.37. The van der Waals surface area contributed by atoms with Crippen molar-refractivity contribution in [2.24, 2.45) is 47.3 Å². The van der Waals surface area contributed by atoms with E-state index < -0.39 is 115 Å². The van der Waals surface area contributed by atoms with E-state index in [4.69, 9.17) is 42.6 Å². The quantitative estimate of drug-likeness (QED) is 0.0772. The number of ether oxygens (including phenoxy) is 11. The van der Waals surface area contributed by atoms with Crippen molar-refractivity contribution in [2.75, 3.05) is 40.6 Å². The monoisotopic (exact) mass is 1160 g/mol. The number of halogens is 7. The second-order valence-electron chi connectivity index (χ2n) is 19.9. The molecule has 6 rings (SSSR count). The summed E-state index contributed by atoms with van der Waals surface area (Å²) in [6, 6.07) is 19.4. The number of carbonyl (C=O) groups excluding carboxylic acids is 3. The molecule has 0 aromatic heterocycles. The maximum Gasteiger partial charge on any atom is 0.304 e. The molecule has 0 bridgehead atoms. The van der Waals surface area contributed by atoms with Crippen molar-refractivity contribution >= 4 is 33.8 Å². The highest BCUT2D eigenvalue weighted by Gasteiger charge is 2.57. The van der Waals surface area contributed by atoms with E-state index in [1.807, 2.05) is 74.5 Å². The lowest BCUT2D eigenvalue weighted by Crippen LogP contribution is -2.56. The Hall–Kier alpha value is -3.45. The zero-order chi connectivity index (χ0) is 57.3. The molecule has 4 fully saturated rings. The maximum atomic E-state index is 14.3. The predicted octanol–water partition coefficient (Wildman–Crippen LogP) is 10.0. The standard InChI is InChI=1S/C16H22F2O3.C16H24O4.C12H18F2O5.C10H15BrF2O3/c1-11-12(2)16(17,18)14(21-15(11)19-3)10-20-9-13-7-5-4-6-8-13;1-11-12(2)16(18-3)20-14(15(11)17)10-19-9-13-7-5-4-6-8-13;1-6-7(2)12(13,14)10(5-17-8(3)15)19-11(6)18-9(4)16;1-5-6(2)10(12,13)8(16-9(5)11)4-15-7(3)14/h4-8,11-12,14-15H,9-10H2,1-3H3;4-8,11-12,14-17H,9-10H2,1-3H3;6-7,10-11H,5H2,1-4H3;5-6,8-9H,4H2,1-3H3. The minimum atomic E-state index is -3.16. The molecular weight excluding hydrogens is 1080 g/mol. The number of hydrogen-bond acceptors (Lipinski definition) is 15. The largest absolute Gasteiger partial charge is 0.463 e. The normalized spacial score (nSPS) is 34.2. The van der Waals surface area contributed by atoms with Crippen molar-refractivity contribution in [3.05, 3.63) is 71.8 Å². The van der Waals surface area contributed by atoms with Gasteiger partial charge in [-0.3, -0.25) is 14.4 Å². The van der Waals surface area contributed by atoms with Crippen molar-refractivity contribution < 1.29 is 97.9 Å². The number of rotatable bonds is 15. The van der Waals surface area contributed by atoms with Crippen LogP contribution in [-0.2, 0) is 79.7 Å². The lowest BCUT2D eigenvalue weighted by atomic mass is 9.84. The van der Waals surface area contributed by atoms with Crippen LogP contribution in [0.2, 0.25) is 0 Å². The van der Waals surface area contributed by atoms with Gasteiger partial charge < -0.3 is 57.2 Å². The molecule has 0 amide bonds. The van der Waals surface area contributed by atoms with E-state index in [1.165, 1.54) is 48.7 Å². The van der Waals surface area contributed by atoms with Crippen molar-refractivity contribution in [1.29, 1.82) is 0 Å². The SMILES string of the molecule is CC(=O)OCC1OC(Br)C(C)C(C)C1(F)F.CC(=O)OCC1OC(OC(C)=O)C(C)C(C)C1(F)F.COC1OC(COCc2ccccc2)C(F)(F)C(C)C1C.COC1OC(COCc2ccccc2)C(O)C(C)C1C. The van der Waals surface area contributed by atoms with Gasteiger partial charge in [0.25, 0.3) is 17.8 Å². The van der Waals surface area contributed by atoms with Crippen LogP contribution in [0, 0.1) is 47.3 Å². The minimum absolute atomic E-state index is 0.124. The highest BCUT2D eigenvalue weighted by molar-refractivity contribution is 9.09. The molecule has 434 valence electrons. The first kappa shape index (κ1) is 66.8. The van der Waals surface area contributed by atoms with Gasteiger partial charge in [-0.1, -0.05) is 132 Å². The summed E-state index contributed by atoms with van der Waals surface area (Å²) in [4.78, 5) is 32.2. The second-order valence-corrected chi connectivity index (χ2v) is 20.8. The fraction of sp³-hybridized carbons (Fsp3) is 0.722. The molecule has 76 heavy (non-hydrogen) atoms. The molecule has 4 heterocycles. The summed E-state index contributed by atoms with van der Waals surface area (Å²) in [5, 5.41) is 9.82.